The molecule has 7 heteroatoms. The Labute approximate surface area is 163 Å². The van der Waals surface area contributed by atoms with Crippen LogP contribution in [0.2, 0.25) is 5.02 Å². The number of nitrogens with zero attached hydrogens (tertiary/aromatic N) is 2. The van der Waals surface area contributed by atoms with Crippen LogP contribution < -0.4 is 9.47 Å². The largest absolute Gasteiger partial charge is 0.494 e. The molecule has 3 rings (SSSR count). The van der Waals surface area contributed by atoms with E-state index in [9.17, 15) is 9.18 Å². The highest BCUT2D eigenvalue weighted by atomic mass is 35.5. The van der Waals surface area contributed by atoms with Gasteiger partial charge in [-0.05, 0) is 29.8 Å². The second-order valence-electron chi connectivity index (χ2n) is 6.34. The van der Waals surface area contributed by atoms with Crippen molar-refractivity contribution in [2.75, 3.05) is 39.9 Å². The van der Waals surface area contributed by atoms with Gasteiger partial charge in [-0.2, -0.15) is 0 Å². The molecule has 0 radical (unpaired) electrons. The smallest absolute Gasteiger partial charge is 0.260 e. The predicted molar refractivity (Wildman–Crippen MR) is 102 cm³/mol. The average molecular weight is 393 g/mol. The molecular weight excluding hydrogens is 371 g/mol. The van der Waals surface area contributed by atoms with Gasteiger partial charge in [0.25, 0.3) is 5.91 Å². The van der Waals surface area contributed by atoms with Gasteiger partial charge >= 0.3 is 0 Å². The van der Waals surface area contributed by atoms with E-state index in [-0.39, 0.29) is 24.1 Å². The number of piperazine rings is 1. The predicted octanol–water partition coefficient (Wildman–Crippen LogP) is 3.21. The maximum Gasteiger partial charge on any atom is 0.260 e. The Hall–Kier alpha value is -2.31. The molecule has 1 saturated heterocycles. The fourth-order valence-electron chi connectivity index (χ4n) is 3.01. The number of hydrogen-bond acceptors (Lipinski definition) is 4. The van der Waals surface area contributed by atoms with Crippen LogP contribution in [0.3, 0.4) is 0 Å². The van der Waals surface area contributed by atoms with Crippen LogP contribution in [0.1, 0.15) is 5.56 Å². The molecule has 0 spiro atoms. The number of methoxy groups -OCH3 is 1. The van der Waals surface area contributed by atoms with Crippen LogP contribution in [0.5, 0.6) is 11.5 Å². The quantitative estimate of drug-likeness (QED) is 0.757. The first-order chi connectivity index (χ1) is 13.1. The van der Waals surface area contributed by atoms with Gasteiger partial charge in [0.1, 0.15) is 5.75 Å². The molecule has 0 atom stereocenters. The Morgan fingerprint density at radius 2 is 1.85 bits per heavy atom. The molecule has 5 nitrogen and oxygen atoms in total. The maximum atomic E-state index is 13.8. The molecule has 0 unspecified atom stereocenters. The van der Waals surface area contributed by atoms with E-state index in [0.29, 0.717) is 30.4 Å². The molecule has 1 amide bonds. The molecule has 144 valence electrons. The fourth-order valence-corrected chi connectivity index (χ4v) is 3.20. The van der Waals surface area contributed by atoms with Gasteiger partial charge in [-0.25, -0.2) is 4.39 Å². The Morgan fingerprint density at radius 3 is 2.52 bits per heavy atom. The van der Waals surface area contributed by atoms with Crippen LogP contribution in [0.4, 0.5) is 4.39 Å². The van der Waals surface area contributed by atoms with E-state index in [1.807, 2.05) is 18.2 Å². The Kier molecular flexibility index (Phi) is 6.53. The van der Waals surface area contributed by atoms with Gasteiger partial charge in [0.15, 0.2) is 18.2 Å². The van der Waals surface area contributed by atoms with E-state index in [2.05, 4.69) is 4.90 Å². The lowest BCUT2D eigenvalue weighted by Crippen LogP contribution is -2.49. The Balaban J connectivity index is 1.46. The summed E-state index contributed by atoms with van der Waals surface area (Å²) in [6.07, 6.45) is 0. The summed E-state index contributed by atoms with van der Waals surface area (Å²) in [6.45, 7) is 3.29. The zero-order valence-corrected chi connectivity index (χ0v) is 15.9. The molecule has 1 fully saturated rings. The number of amides is 1. The number of halogens is 2. The molecule has 1 aliphatic rings. The van der Waals surface area contributed by atoms with Crippen LogP contribution in [-0.4, -0.2) is 55.6 Å². The second-order valence-corrected chi connectivity index (χ2v) is 6.75. The van der Waals surface area contributed by atoms with Gasteiger partial charge in [0, 0.05) is 32.7 Å². The molecule has 1 heterocycles. The molecule has 2 aromatic rings. The van der Waals surface area contributed by atoms with Crippen LogP contribution in [0.25, 0.3) is 0 Å². The SMILES string of the molecule is COc1ccc(CN2CCN(C(=O)COc3ccccc3Cl)CC2)cc1F. The third-order valence-electron chi connectivity index (χ3n) is 4.54. The molecule has 0 N–H and O–H groups in total. The standard InChI is InChI=1S/C20H22ClFN2O3/c1-26-19-7-6-15(12-17(19)22)13-23-8-10-24(11-9-23)20(25)14-27-18-5-3-2-4-16(18)21/h2-7,12H,8-11,13-14H2,1H3. The zero-order valence-electron chi connectivity index (χ0n) is 15.2. The van der Waals surface area contributed by atoms with Gasteiger partial charge in [0.2, 0.25) is 0 Å². The van der Waals surface area contributed by atoms with Crippen molar-refractivity contribution in [1.29, 1.82) is 0 Å². The summed E-state index contributed by atoms with van der Waals surface area (Å²) < 4.78 is 24.3. The lowest BCUT2D eigenvalue weighted by molar-refractivity contribution is -0.135. The lowest BCUT2D eigenvalue weighted by atomic mass is 10.2. The van der Waals surface area contributed by atoms with Crippen molar-refractivity contribution in [2.45, 2.75) is 6.54 Å². The fraction of sp³-hybridized carbons (Fsp3) is 0.350. The number of benzene rings is 2. The van der Waals surface area contributed by atoms with E-state index < -0.39 is 0 Å². The van der Waals surface area contributed by atoms with Gasteiger partial charge in [0.05, 0.1) is 12.1 Å². The molecule has 0 aliphatic carbocycles. The molecule has 1 aliphatic heterocycles. The average Bonchev–Trinajstić information content (AvgIpc) is 2.68. The number of carbonyl (C=O) groups is 1. The van der Waals surface area contributed by atoms with Crippen LogP contribution in [0.15, 0.2) is 42.5 Å². The Bertz CT molecular complexity index is 795. The molecular formula is C20H22ClFN2O3. The molecule has 0 saturated carbocycles. The first-order valence-corrected chi connectivity index (χ1v) is 9.14. The van der Waals surface area contributed by atoms with Gasteiger partial charge in [-0.3, -0.25) is 9.69 Å². The first-order valence-electron chi connectivity index (χ1n) is 8.76. The first kappa shape index (κ1) is 19.5. The summed E-state index contributed by atoms with van der Waals surface area (Å²) in [6, 6.07) is 12.1. The van der Waals surface area contributed by atoms with Crippen molar-refractivity contribution in [1.82, 2.24) is 9.80 Å². The van der Waals surface area contributed by atoms with Crippen molar-refractivity contribution in [2.24, 2.45) is 0 Å². The van der Waals surface area contributed by atoms with Gasteiger partial charge in [-0.1, -0.05) is 29.8 Å². The number of para-hydroxylation sites is 1. The topological polar surface area (TPSA) is 42.0 Å². The molecule has 27 heavy (non-hydrogen) atoms. The number of ether oxygens (including phenoxy) is 2. The number of hydrogen-bond donors (Lipinski definition) is 0. The normalized spacial score (nSPS) is 14.9. The summed E-state index contributed by atoms with van der Waals surface area (Å²) in [7, 11) is 1.45. The van der Waals surface area contributed by atoms with E-state index in [4.69, 9.17) is 21.1 Å². The minimum Gasteiger partial charge on any atom is -0.494 e. The minimum absolute atomic E-state index is 0.0343. The number of carbonyl (C=O) groups excluding carboxylic acids is 1. The molecule has 0 bridgehead atoms. The summed E-state index contributed by atoms with van der Waals surface area (Å²) in [4.78, 5) is 16.3. The van der Waals surface area contributed by atoms with E-state index in [1.54, 1.807) is 23.1 Å². The van der Waals surface area contributed by atoms with Gasteiger partial charge < -0.3 is 14.4 Å². The highest BCUT2D eigenvalue weighted by Crippen LogP contribution is 2.23. The monoisotopic (exact) mass is 392 g/mol. The van der Waals surface area contributed by atoms with Crippen molar-refractivity contribution in [3.63, 3.8) is 0 Å². The third-order valence-corrected chi connectivity index (χ3v) is 4.85. The number of rotatable bonds is 6. The second kappa shape index (κ2) is 9.06. The van der Waals surface area contributed by atoms with E-state index >= 15 is 0 Å². The molecule has 0 aromatic heterocycles. The Morgan fingerprint density at radius 1 is 1.11 bits per heavy atom. The summed E-state index contributed by atoms with van der Waals surface area (Å²) in [5, 5.41) is 0.488. The van der Waals surface area contributed by atoms with E-state index in [1.165, 1.54) is 13.2 Å². The lowest BCUT2D eigenvalue weighted by Gasteiger charge is -2.34. The van der Waals surface area contributed by atoms with E-state index in [0.717, 1.165) is 18.7 Å². The van der Waals surface area contributed by atoms with Gasteiger partial charge in [-0.15, -0.1) is 0 Å². The minimum atomic E-state index is -0.361. The van der Waals surface area contributed by atoms with Crippen molar-refractivity contribution >= 4 is 17.5 Å². The van der Waals surface area contributed by atoms with Crippen LogP contribution in [0, 0.1) is 5.82 Å². The van der Waals surface area contributed by atoms with Crippen molar-refractivity contribution in [3.05, 3.63) is 58.9 Å². The summed E-state index contributed by atoms with van der Waals surface area (Å²) in [5.41, 5.74) is 0.884. The highest BCUT2D eigenvalue weighted by molar-refractivity contribution is 6.32. The van der Waals surface area contributed by atoms with Crippen molar-refractivity contribution in [3.8, 4) is 11.5 Å². The zero-order chi connectivity index (χ0) is 19.2. The van der Waals surface area contributed by atoms with Crippen molar-refractivity contribution < 1.29 is 18.7 Å². The van der Waals surface area contributed by atoms with Crippen LogP contribution in [-0.2, 0) is 11.3 Å². The molecule has 2 aromatic carbocycles. The summed E-state index contributed by atoms with van der Waals surface area (Å²) >= 11 is 6.03. The third kappa shape index (κ3) is 5.11. The maximum absolute atomic E-state index is 13.8. The highest BCUT2D eigenvalue weighted by Gasteiger charge is 2.22. The summed E-state index contributed by atoms with van der Waals surface area (Å²) in [5.74, 6) is 0.325. The van der Waals surface area contributed by atoms with Crippen LogP contribution >= 0.6 is 11.6 Å².